The smallest absolute Gasteiger partial charge is 0.222 e. The van der Waals surface area contributed by atoms with Gasteiger partial charge in [-0.2, -0.15) is 0 Å². The van der Waals surface area contributed by atoms with Crippen LogP contribution in [-0.2, 0) is 11.2 Å². The highest BCUT2D eigenvalue weighted by Gasteiger charge is 2.21. The Kier molecular flexibility index (Phi) is 5.62. The molecular formula is C15H21F2NO2. The molecule has 0 spiro atoms. The van der Waals surface area contributed by atoms with E-state index in [1.165, 1.54) is 17.0 Å². The van der Waals surface area contributed by atoms with Crippen LogP contribution >= 0.6 is 0 Å². The Balaban J connectivity index is 2.61. The van der Waals surface area contributed by atoms with Gasteiger partial charge in [0, 0.05) is 25.6 Å². The summed E-state index contributed by atoms with van der Waals surface area (Å²) in [5.74, 6) is -1.42. The number of nitrogens with zero attached hydrogens (tertiary/aromatic N) is 1. The van der Waals surface area contributed by atoms with Gasteiger partial charge < -0.3 is 10.0 Å². The predicted octanol–water partition coefficient (Wildman–Crippen LogP) is 2.52. The lowest BCUT2D eigenvalue weighted by Gasteiger charge is -2.28. The Morgan fingerprint density at radius 1 is 1.35 bits per heavy atom. The quantitative estimate of drug-likeness (QED) is 0.872. The zero-order valence-corrected chi connectivity index (χ0v) is 12.1. The molecule has 5 heteroatoms. The van der Waals surface area contributed by atoms with Crippen molar-refractivity contribution in [2.24, 2.45) is 0 Å². The first-order chi connectivity index (χ1) is 9.23. The molecule has 1 aromatic rings. The van der Waals surface area contributed by atoms with Crippen LogP contribution in [0.4, 0.5) is 8.78 Å². The van der Waals surface area contributed by atoms with Crippen molar-refractivity contribution in [1.82, 2.24) is 4.90 Å². The Morgan fingerprint density at radius 2 is 2.00 bits per heavy atom. The van der Waals surface area contributed by atoms with Crippen molar-refractivity contribution in [1.29, 1.82) is 0 Å². The largest absolute Gasteiger partial charge is 0.389 e. The average Bonchev–Trinajstić information content (AvgIpc) is 2.33. The molecule has 0 unspecified atom stereocenters. The van der Waals surface area contributed by atoms with Crippen LogP contribution < -0.4 is 0 Å². The minimum atomic E-state index is -0.965. The van der Waals surface area contributed by atoms with Crippen molar-refractivity contribution in [2.45, 2.75) is 39.2 Å². The normalized spacial score (nSPS) is 11.5. The number of aliphatic hydroxyl groups is 1. The molecule has 112 valence electrons. The Morgan fingerprint density at radius 3 is 2.50 bits per heavy atom. The van der Waals surface area contributed by atoms with Crippen LogP contribution in [-0.4, -0.2) is 34.6 Å². The van der Waals surface area contributed by atoms with Gasteiger partial charge in [-0.25, -0.2) is 8.78 Å². The molecule has 0 aromatic heterocycles. The molecule has 0 saturated carbocycles. The fraction of sp³-hybridized carbons (Fsp3) is 0.533. The summed E-state index contributed by atoms with van der Waals surface area (Å²) in [5.41, 5.74) is -0.647. The minimum absolute atomic E-state index is 0.131. The monoisotopic (exact) mass is 285 g/mol. The average molecular weight is 285 g/mol. The van der Waals surface area contributed by atoms with E-state index in [4.69, 9.17) is 0 Å². The van der Waals surface area contributed by atoms with E-state index < -0.39 is 17.2 Å². The van der Waals surface area contributed by atoms with Crippen LogP contribution in [0, 0.1) is 11.6 Å². The number of benzene rings is 1. The Labute approximate surface area is 118 Å². The van der Waals surface area contributed by atoms with Crippen LogP contribution in [0.3, 0.4) is 0 Å². The summed E-state index contributed by atoms with van der Waals surface area (Å²) in [6.45, 7) is 5.79. The molecule has 1 aromatic carbocycles. The number of rotatable bonds is 6. The Hall–Kier alpha value is -1.49. The van der Waals surface area contributed by atoms with Gasteiger partial charge in [-0.15, -0.1) is 0 Å². The maximum absolute atomic E-state index is 13.5. The molecule has 0 aliphatic carbocycles. The molecule has 0 aliphatic heterocycles. The van der Waals surface area contributed by atoms with Crippen molar-refractivity contribution in [2.75, 3.05) is 13.1 Å². The number of carbonyl (C=O) groups is 1. The molecule has 0 radical (unpaired) electrons. The number of carbonyl (C=O) groups excluding carboxylic acids is 1. The maximum atomic E-state index is 13.5. The molecule has 0 fully saturated rings. The van der Waals surface area contributed by atoms with Gasteiger partial charge >= 0.3 is 0 Å². The van der Waals surface area contributed by atoms with E-state index in [2.05, 4.69) is 0 Å². The van der Waals surface area contributed by atoms with E-state index >= 15 is 0 Å². The number of hydrogen-bond acceptors (Lipinski definition) is 2. The number of aryl methyl sites for hydroxylation is 1. The highest BCUT2D eigenvalue weighted by atomic mass is 19.1. The van der Waals surface area contributed by atoms with Crippen LogP contribution in [0.1, 0.15) is 32.8 Å². The highest BCUT2D eigenvalue weighted by molar-refractivity contribution is 5.76. The fourth-order valence-electron chi connectivity index (χ4n) is 1.97. The topological polar surface area (TPSA) is 40.5 Å². The molecule has 1 N–H and O–H groups in total. The second-order valence-electron chi connectivity index (χ2n) is 5.46. The lowest BCUT2D eigenvalue weighted by atomic mass is 10.1. The molecule has 0 atom stereocenters. The lowest BCUT2D eigenvalue weighted by Crippen LogP contribution is -2.42. The highest BCUT2D eigenvalue weighted by Crippen LogP contribution is 2.13. The van der Waals surface area contributed by atoms with Crippen LogP contribution in [0.2, 0.25) is 0 Å². The van der Waals surface area contributed by atoms with Crippen LogP contribution in [0.5, 0.6) is 0 Å². The number of amides is 1. The molecule has 0 bridgehead atoms. The summed E-state index contributed by atoms with van der Waals surface area (Å²) in [4.78, 5) is 13.6. The van der Waals surface area contributed by atoms with E-state index in [0.29, 0.717) is 12.1 Å². The molecular weight excluding hydrogens is 264 g/mol. The first-order valence-electron chi connectivity index (χ1n) is 6.67. The van der Waals surface area contributed by atoms with Gasteiger partial charge in [0.2, 0.25) is 5.91 Å². The van der Waals surface area contributed by atoms with Crippen molar-refractivity contribution in [3.8, 4) is 0 Å². The summed E-state index contributed by atoms with van der Waals surface area (Å²) < 4.78 is 26.2. The molecule has 3 nitrogen and oxygen atoms in total. The first-order valence-corrected chi connectivity index (χ1v) is 6.67. The fourth-order valence-corrected chi connectivity index (χ4v) is 1.97. The van der Waals surface area contributed by atoms with Crippen molar-refractivity contribution in [3.05, 3.63) is 35.4 Å². The standard InChI is InChI=1S/C15H21F2NO2/c1-4-18(10-15(2,3)20)14(19)8-6-11-5-7-12(16)9-13(11)17/h5,7,9,20H,4,6,8,10H2,1-3H3. The van der Waals surface area contributed by atoms with Crippen LogP contribution in [0.15, 0.2) is 18.2 Å². The van der Waals surface area contributed by atoms with E-state index in [-0.39, 0.29) is 25.3 Å². The van der Waals surface area contributed by atoms with Gasteiger partial charge in [0.05, 0.1) is 5.60 Å². The molecule has 1 rings (SSSR count). The number of hydrogen-bond donors (Lipinski definition) is 1. The third kappa shape index (κ3) is 5.25. The van der Waals surface area contributed by atoms with E-state index in [9.17, 15) is 18.7 Å². The zero-order valence-electron chi connectivity index (χ0n) is 12.1. The van der Waals surface area contributed by atoms with Gasteiger partial charge in [0.1, 0.15) is 11.6 Å². The second kappa shape index (κ2) is 6.79. The molecule has 1 amide bonds. The van der Waals surface area contributed by atoms with E-state index in [1.54, 1.807) is 13.8 Å². The summed E-state index contributed by atoms with van der Waals surface area (Å²) in [6, 6.07) is 3.34. The maximum Gasteiger partial charge on any atom is 0.222 e. The number of halogens is 2. The summed E-state index contributed by atoms with van der Waals surface area (Å²) >= 11 is 0. The third-order valence-corrected chi connectivity index (χ3v) is 2.94. The Bertz CT molecular complexity index is 469. The van der Waals surface area contributed by atoms with Gasteiger partial charge in [-0.3, -0.25) is 4.79 Å². The first kappa shape index (κ1) is 16.6. The van der Waals surface area contributed by atoms with E-state index in [1.807, 2.05) is 6.92 Å². The third-order valence-electron chi connectivity index (χ3n) is 2.94. The van der Waals surface area contributed by atoms with Crippen molar-refractivity contribution >= 4 is 5.91 Å². The molecule has 0 saturated heterocycles. The molecule has 0 heterocycles. The van der Waals surface area contributed by atoms with Crippen LogP contribution in [0.25, 0.3) is 0 Å². The minimum Gasteiger partial charge on any atom is -0.389 e. The number of likely N-dealkylation sites (N-methyl/N-ethyl adjacent to an activating group) is 1. The van der Waals surface area contributed by atoms with Crippen molar-refractivity contribution in [3.63, 3.8) is 0 Å². The van der Waals surface area contributed by atoms with Gasteiger partial charge in [-0.1, -0.05) is 6.07 Å². The molecule has 0 aliphatic rings. The predicted molar refractivity (Wildman–Crippen MR) is 73.2 cm³/mol. The van der Waals surface area contributed by atoms with Gasteiger partial charge in [-0.05, 0) is 38.8 Å². The zero-order chi connectivity index (χ0) is 15.3. The van der Waals surface area contributed by atoms with Gasteiger partial charge in [0.15, 0.2) is 0 Å². The van der Waals surface area contributed by atoms with Gasteiger partial charge in [0.25, 0.3) is 0 Å². The summed E-state index contributed by atoms with van der Waals surface area (Å²) in [7, 11) is 0. The lowest BCUT2D eigenvalue weighted by molar-refractivity contribution is -0.133. The van der Waals surface area contributed by atoms with Crippen molar-refractivity contribution < 1.29 is 18.7 Å². The second-order valence-corrected chi connectivity index (χ2v) is 5.46. The summed E-state index contributed by atoms with van der Waals surface area (Å²) in [6.07, 6.45) is 0.347. The SMILES string of the molecule is CCN(CC(C)(C)O)C(=O)CCc1ccc(F)cc1F. The summed E-state index contributed by atoms with van der Waals surface area (Å²) in [5, 5.41) is 9.73. The van der Waals surface area contributed by atoms with E-state index in [0.717, 1.165) is 6.07 Å². The molecule has 20 heavy (non-hydrogen) atoms.